The summed E-state index contributed by atoms with van der Waals surface area (Å²) in [5, 5.41) is 6.99. The summed E-state index contributed by atoms with van der Waals surface area (Å²) in [5.74, 6) is 0.0490. The summed E-state index contributed by atoms with van der Waals surface area (Å²) >= 11 is 5.92. The van der Waals surface area contributed by atoms with E-state index in [4.69, 9.17) is 11.6 Å². The van der Waals surface area contributed by atoms with Crippen molar-refractivity contribution >= 4 is 35.6 Å². The van der Waals surface area contributed by atoms with E-state index in [1.54, 1.807) is 0 Å². The Morgan fingerprint density at radius 2 is 1.87 bits per heavy atom. The van der Waals surface area contributed by atoms with Gasteiger partial charge in [0, 0.05) is 10.7 Å². The zero-order valence-corrected chi connectivity index (χ0v) is 14.3. The molecule has 5 heteroatoms. The van der Waals surface area contributed by atoms with Gasteiger partial charge in [-0.3, -0.25) is 4.79 Å². The number of benzene rings is 2. The van der Waals surface area contributed by atoms with Crippen LogP contribution in [-0.4, -0.2) is 18.5 Å². The lowest BCUT2D eigenvalue weighted by Crippen LogP contribution is -2.43. The van der Waals surface area contributed by atoms with E-state index in [1.165, 1.54) is 0 Å². The maximum absolute atomic E-state index is 12.3. The van der Waals surface area contributed by atoms with Crippen molar-refractivity contribution in [3.8, 4) is 11.1 Å². The molecule has 0 aliphatic carbocycles. The lowest BCUT2D eigenvalue weighted by molar-refractivity contribution is -0.118. The molecule has 0 radical (unpaired) electrons. The number of carbonyl (C=O) groups is 1. The molecule has 0 spiro atoms. The molecule has 1 heterocycles. The van der Waals surface area contributed by atoms with E-state index in [-0.39, 0.29) is 24.4 Å². The molecule has 122 valence electrons. The minimum Gasteiger partial charge on any atom is -0.325 e. The highest BCUT2D eigenvalue weighted by atomic mass is 35.5. The maximum Gasteiger partial charge on any atom is 0.241 e. The smallest absolute Gasteiger partial charge is 0.241 e. The highest BCUT2D eigenvalue weighted by Crippen LogP contribution is 2.24. The molecule has 2 aromatic rings. The monoisotopic (exact) mass is 350 g/mol. The zero-order chi connectivity index (χ0) is 15.4. The van der Waals surface area contributed by atoms with E-state index in [0.717, 1.165) is 47.6 Å². The van der Waals surface area contributed by atoms with Crippen molar-refractivity contribution in [1.29, 1.82) is 0 Å². The molecule has 2 aromatic carbocycles. The van der Waals surface area contributed by atoms with Crippen molar-refractivity contribution in [3.63, 3.8) is 0 Å². The van der Waals surface area contributed by atoms with Crippen molar-refractivity contribution in [2.45, 2.75) is 25.3 Å². The van der Waals surface area contributed by atoms with Gasteiger partial charge in [-0.05, 0) is 54.8 Å². The molecule has 1 atom stereocenters. The number of halogens is 2. The van der Waals surface area contributed by atoms with Crippen LogP contribution in [0.2, 0.25) is 5.02 Å². The predicted molar refractivity (Wildman–Crippen MR) is 98.4 cm³/mol. The molecule has 2 N–H and O–H groups in total. The number of hydrogen-bond acceptors (Lipinski definition) is 2. The third-order valence-corrected chi connectivity index (χ3v) is 4.19. The number of nitrogens with one attached hydrogen (secondary N) is 2. The Morgan fingerprint density at radius 1 is 1.09 bits per heavy atom. The Balaban J connectivity index is 0.00000192. The number of hydrogen-bond donors (Lipinski definition) is 2. The zero-order valence-electron chi connectivity index (χ0n) is 12.7. The van der Waals surface area contributed by atoms with Gasteiger partial charge in [0.05, 0.1) is 6.04 Å². The molecule has 0 aromatic heterocycles. The van der Waals surface area contributed by atoms with Crippen LogP contribution >= 0.6 is 24.0 Å². The Hall–Kier alpha value is -1.55. The number of anilines is 1. The van der Waals surface area contributed by atoms with E-state index >= 15 is 0 Å². The van der Waals surface area contributed by atoms with Crippen molar-refractivity contribution in [2.24, 2.45) is 0 Å². The van der Waals surface area contributed by atoms with Crippen LogP contribution in [0, 0.1) is 0 Å². The average Bonchev–Trinajstić information content (AvgIpc) is 2.56. The van der Waals surface area contributed by atoms with Crippen LogP contribution in [0.15, 0.2) is 48.5 Å². The quantitative estimate of drug-likeness (QED) is 0.854. The molecule has 0 bridgehead atoms. The first-order valence-electron chi connectivity index (χ1n) is 7.62. The van der Waals surface area contributed by atoms with E-state index < -0.39 is 0 Å². The fraction of sp³-hybridized carbons (Fsp3) is 0.278. The summed E-state index contributed by atoms with van der Waals surface area (Å²) in [6.45, 7) is 0.920. The summed E-state index contributed by atoms with van der Waals surface area (Å²) in [5.41, 5.74) is 2.96. The first kappa shape index (κ1) is 17.8. The fourth-order valence-corrected chi connectivity index (χ4v) is 2.85. The van der Waals surface area contributed by atoms with Crippen LogP contribution < -0.4 is 10.6 Å². The second-order valence-electron chi connectivity index (χ2n) is 5.58. The number of piperidine rings is 1. The van der Waals surface area contributed by atoms with Crippen molar-refractivity contribution in [3.05, 3.63) is 53.6 Å². The van der Waals surface area contributed by atoms with Gasteiger partial charge in [-0.2, -0.15) is 0 Å². The Kier molecular flexibility index (Phi) is 6.46. The van der Waals surface area contributed by atoms with Crippen LogP contribution in [-0.2, 0) is 4.79 Å². The molecule has 1 aliphatic rings. The normalized spacial score (nSPS) is 17.2. The molecular formula is C18H20Cl2N2O. The Labute approximate surface area is 147 Å². The Bertz CT molecular complexity index is 652. The van der Waals surface area contributed by atoms with Crippen molar-refractivity contribution in [2.75, 3.05) is 11.9 Å². The second-order valence-corrected chi connectivity index (χ2v) is 6.02. The average molecular weight is 351 g/mol. The molecular weight excluding hydrogens is 331 g/mol. The van der Waals surface area contributed by atoms with Crippen LogP contribution in [0.25, 0.3) is 11.1 Å². The molecule has 1 fully saturated rings. The van der Waals surface area contributed by atoms with Crippen molar-refractivity contribution in [1.82, 2.24) is 5.32 Å². The van der Waals surface area contributed by atoms with Crippen LogP contribution in [0.5, 0.6) is 0 Å². The van der Waals surface area contributed by atoms with E-state index in [9.17, 15) is 4.79 Å². The molecule has 23 heavy (non-hydrogen) atoms. The number of rotatable bonds is 3. The van der Waals surface area contributed by atoms with Gasteiger partial charge in [0.2, 0.25) is 5.91 Å². The van der Waals surface area contributed by atoms with E-state index in [0.29, 0.717) is 0 Å². The lowest BCUT2D eigenvalue weighted by atomic mass is 10.0. The van der Waals surface area contributed by atoms with Crippen LogP contribution in [0.3, 0.4) is 0 Å². The summed E-state index contributed by atoms with van der Waals surface area (Å²) in [7, 11) is 0. The standard InChI is InChI=1S/C18H19ClN2O.ClH/c19-15-9-7-13(8-10-15)14-4-3-5-16(12-14)21-18(22)17-6-1-2-11-20-17;/h3-5,7-10,12,17,20H,1-2,6,11H2,(H,21,22);1H/t17-;/m0./s1. The van der Waals surface area contributed by atoms with Gasteiger partial charge in [0.15, 0.2) is 0 Å². The predicted octanol–water partition coefficient (Wildman–Crippen LogP) is 4.51. The Morgan fingerprint density at radius 3 is 2.57 bits per heavy atom. The highest BCUT2D eigenvalue weighted by molar-refractivity contribution is 6.30. The number of carbonyl (C=O) groups excluding carboxylic acids is 1. The minimum atomic E-state index is -0.0760. The van der Waals surface area contributed by atoms with Crippen molar-refractivity contribution < 1.29 is 4.79 Å². The molecule has 0 saturated carbocycles. The van der Waals surface area contributed by atoms with Gasteiger partial charge in [-0.15, -0.1) is 12.4 Å². The first-order chi connectivity index (χ1) is 10.7. The third kappa shape index (κ3) is 4.71. The summed E-state index contributed by atoms with van der Waals surface area (Å²) in [6.07, 6.45) is 3.16. The summed E-state index contributed by atoms with van der Waals surface area (Å²) < 4.78 is 0. The molecule has 1 amide bonds. The topological polar surface area (TPSA) is 41.1 Å². The van der Waals surface area contributed by atoms with Gasteiger partial charge < -0.3 is 10.6 Å². The number of amides is 1. The van der Waals surface area contributed by atoms with E-state index in [2.05, 4.69) is 10.6 Å². The largest absolute Gasteiger partial charge is 0.325 e. The van der Waals surface area contributed by atoms with E-state index in [1.807, 2.05) is 48.5 Å². The van der Waals surface area contributed by atoms with Gasteiger partial charge in [-0.25, -0.2) is 0 Å². The molecule has 0 unspecified atom stereocenters. The molecule has 1 saturated heterocycles. The fourth-order valence-electron chi connectivity index (χ4n) is 2.72. The summed E-state index contributed by atoms with van der Waals surface area (Å²) in [6, 6.07) is 15.5. The third-order valence-electron chi connectivity index (χ3n) is 3.93. The maximum atomic E-state index is 12.3. The second kappa shape index (κ2) is 8.34. The summed E-state index contributed by atoms with van der Waals surface area (Å²) in [4.78, 5) is 12.3. The highest BCUT2D eigenvalue weighted by Gasteiger charge is 2.20. The van der Waals surface area contributed by atoms with Gasteiger partial charge in [0.25, 0.3) is 0 Å². The van der Waals surface area contributed by atoms with Gasteiger partial charge >= 0.3 is 0 Å². The first-order valence-corrected chi connectivity index (χ1v) is 8.00. The SMILES string of the molecule is Cl.O=C(Nc1cccc(-c2ccc(Cl)cc2)c1)[C@@H]1CCCCN1. The van der Waals surface area contributed by atoms with Crippen LogP contribution in [0.4, 0.5) is 5.69 Å². The van der Waals surface area contributed by atoms with Gasteiger partial charge in [0.1, 0.15) is 0 Å². The molecule has 3 nitrogen and oxygen atoms in total. The van der Waals surface area contributed by atoms with Crippen LogP contribution in [0.1, 0.15) is 19.3 Å². The van der Waals surface area contributed by atoms with Gasteiger partial charge in [-0.1, -0.05) is 42.3 Å². The lowest BCUT2D eigenvalue weighted by Gasteiger charge is -2.22. The molecule has 3 rings (SSSR count). The molecule has 1 aliphatic heterocycles. The minimum absolute atomic E-state index is 0.